The van der Waals surface area contributed by atoms with Crippen LogP contribution in [0.2, 0.25) is 0 Å². The first kappa shape index (κ1) is 29.8. The molecule has 0 amide bonds. The number of hydrogen-bond donors (Lipinski definition) is 0. The van der Waals surface area contributed by atoms with Gasteiger partial charge < -0.3 is 0 Å². The molecule has 0 radical (unpaired) electrons. The van der Waals surface area contributed by atoms with E-state index >= 15 is 0 Å². The fourth-order valence-corrected chi connectivity index (χ4v) is 16.0. The second kappa shape index (κ2) is 13.6. The first-order valence-corrected chi connectivity index (χ1v) is 22.2. The van der Waals surface area contributed by atoms with Gasteiger partial charge in [0.25, 0.3) is 0 Å². The molecule has 4 heteroatoms. The van der Waals surface area contributed by atoms with Crippen LogP contribution in [0.3, 0.4) is 0 Å². The van der Waals surface area contributed by atoms with E-state index in [1.807, 2.05) is 0 Å². The molecule has 6 aromatic rings. The average molecular weight is 719 g/mol. The first-order chi connectivity index (χ1) is 21.1. The summed E-state index contributed by atoms with van der Waals surface area (Å²) in [7, 11) is 0. The van der Waals surface area contributed by atoms with Gasteiger partial charge in [-0.2, -0.15) is 0 Å². The number of benzene rings is 6. The molecule has 0 aliphatic heterocycles. The molecule has 0 saturated heterocycles. The maximum absolute atomic E-state index is 4.23. The van der Waals surface area contributed by atoms with Crippen LogP contribution in [-0.4, -0.2) is 30.2 Å². The van der Waals surface area contributed by atoms with Crippen LogP contribution in [0.5, 0.6) is 0 Å². The van der Waals surface area contributed by atoms with Crippen molar-refractivity contribution < 1.29 is 0 Å². The van der Waals surface area contributed by atoms with Crippen LogP contribution >= 0.6 is 11.0 Å². The molecular formula is C39H30P2Se2. The molecular weight excluding hydrogens is 688 g/mol. The molecule has 0 atom stereocenters. The summed E-state index contributed by atoms with van der Waals surface area (Å²) >= 11 is 7.62. The second-order valence-corrected chi connectivity index (χ2v) is 22.4. The monoisotopic (exact) mass is 720 g/mol. The molecule has 0 bridgehead atoms. The minimum atomic E-state index is -2.27. The average Bonchev–Trinajstić information content (AvgIpc) is 3.10. The molecule has 6 rings (SSSR count). The number of rotatable bonds is 8. The standard InChI is InChI=1S/C39H30P2Se2/c42-40(34-23-11-3-12-24-34,35-25-13-4-14-26-35)38(32-19-7-1-8-20-32)31-39(33-21-9-2-10-22-33)41(43,36-27-15-5-16-28-36)37-29-17-6-18-30-37/h1-30H. The van der Waals surface area contributed by atoms with Gasteiger partial charge in [0.15, 0.2) is 0 Å². The van der Waals surface area contributed by atoms with Crippen LogP contribution in [0, 0.1) is 0 Å². The predicted octanol–water partition coefficient (Wildman–Crippen LogP) is 8.17. The van der Waals surface area contributed by atoms with Gasteiger partial charge in [0.05, 0.1) is 0 Å². The first-order valence-electron chi connectivity index (χ1n) is 14.2. The van der Waals surface area contributed by atoms with Crippen LogP contribution < -0.4 is 21.2 Å². The molecule has 0 nitrogen and oxygen atoms in total. The zero-order valence-corrected chi connectivity index (χ0v) is 28.7. The molecule has 0 fully saturated rings. The van der Waals surface area contributed by atoms with Crippen molar-refractivity contribution in [3.63, 3.8) is 0 Å². The third kappa shape index (κ3) is 6.08. The molecule has 6 aromatic carbocycles. The Balaban J connectivity index is 1.84. The minimum absolute atomic E-state index is 1.17. The topological polar surface area (TPSA) is 0 Å². The van der Waals surface area contributed by atoms with Gasteiger partial charge in [-0.15, -0.1) is 0 Å². The Bertz CT molecular complexity index is 1730. The van der Waals surface area contributed by atoms with Gasteiger partial charge >= 0.3 is 272 Å². The molecule has 0 unspecified atom stereocenters. The Morgan fingerprint density at radius 2 is 0.535 bits per heavy atom. The van der Waals surface area contributed by atoms with Crippen LogP contribution in [0.25, 0.3) is 10.6 Å². The molecule has 0 spiro atoms. The van der Waals surface area contributed by atoms with Gasteiger partial charge in [0.2, 0.25) is 0 Å². The molecule has 43 heavy (non-hydrogen) atoms. The molecule has 0 saturated carbocycles. The van der Waals surface area contributed by atoms with Crippen molar-refractivity contribution in [2.75, 3.05) is 0 Å². The van der Waals surface area contributed by atoms with E-state index in [1.54, 1.807) is 0 Å². The maximum atomic E-state index is 4.23. The zero-order chi connectivity index (χ0) is 29.5. The van der Waals surface area contributed by atoms with E-state index in [0.29, 0.717) is 0 Å². The fourth-order valence-electron chi connectivity index (χ4n) is 5.34. The summed E-state index contributed by atoms with van der Waals surface area (Å²) in [5, 5.41) is 7.50. The molecule has 0 aromatic heterocycles. The Morgan fingerprint density at radius 1 is 0.326 bits per heavy atom. The Labute approximate surface area is 270 Å². The molecule has 0 aliphatic rings. The van der Waals surface area contributed by atoms with Gasteiger partial charge in [-0.05, 0) is 0 Å². The van der Waals surface area contributed by atoms with E-state index in [1.165, 1.54) is 43.0 Å². The van der Waals surface area contributed by atoms with Gasteiger partial charge in [-0.3, -0.25) is 0 Å². The summed E-state index contributed by atoms with van der Waals surface area (Å²) in [6, 6.07) is 65.3. The van der Waals surface area contributed by atoms with Crippen LogP contribution in [0.15, 0.2) is 188 Å². The van der Waals surface area contributed by atoms with Gasteiger partial charge in [0.1, 0.15) is 0 Å². The fraction of sp³-hybridized carbons (Fsp3) is 0. The molecule has 0 heterocycles. The number of hydrogen-bond acceptors (Lipinski definition) is 0. The Hall–Kier alpha value is -3.26. The summed E-state index contributed by atoms with van der Waals surface area (Å²) < 4.78 is 0. The summed E-state index contributed by atoms with van der Waals surface area (Å²) in [6.45, 7) is 0. The van der Waals surface area contributed by atoms with Gasteiger partial charge in [0, 0.05) is 0 Å². The zero-order valence-electron chi connectivity index (χ0n) is 23.5. The second-order valence-electron chi connectivity index (χ2n) is 10.1. The quantitative estimate of drug-likeness (QED) is 0.0847. The SMILES string of the molecule is [Se]=P(C(=C=C(c1ccccc1)P(=[Se])(c1ccccc1)c1ccccc1)c1ccccc1)(c1ccccc1)c1ccccc1. The van der Waals surface area contributed by atoms with Gasteiger partial charge in [-0.25, -0.2) is 0 Å². The summed E-state index contributed by atoms with van der Waals surface area (Å²) in [5.41, 5.74) is 2.03. The van der Waals surface area contributed by atoms with E-state index in [-0.39, 0.29) is 0 Å². The van der Waals surface area contributed by atoms with Crippen molar-refractivity contribution >= 4 is 73.1 Å². The van der Waals surface area contributed by atoms with Crippen LogP contribution in [-0.2, 0) is 0 Å². The normalized spacial score (nSPS) is 11.3. The van der Waals surface area contributed by atoms with E-state index in [4.69, 9.17) is 0 Å². The van der Waals surface area contributed by atoms with Crippen molar-refractivity contribution in [2.24, 2.45) is 0 Å². The van der Waals surface area contributed by atoms with E-state index in [9.17, 15) is 0 Å². The van der Waals surface area contributed by atoms with Gasteiger partial charge in [-0.1, -0.05) is 0 Å². The summed E-state index contributed by atoms with van der Waals surface area (Å²) in [4.78, 5) is 0. The van der Waals surface area contributed by atoms with Crippen LogP contribution in [0.1, 0.15) is 11.1 Å². The van der Waals surface area contributed by atoms with E-state index in [2.05, 4.69) is 218 Å². The van der Waals surface area contributed by atoms with Crippen molar-refractivity contribution in [3.05, 3.63) is 199 Å². The molecule has 0 N–H and O–H groups in total. The van der Waals surface area contributed by atoms with Crippen molar-refractivity contribution in [2.45, 2.75) is 0 Å². The summed E-state index contributed by atoms with van der Waals surface area (Å²) in [5.74, 6) is 0. The van der Waals surface area contributed by atoms with Crippen LogP contribution in [0.4, 0.5) is 0 Å². The van der Waals surface area contributed by atoms with E-state index < -0.39 is 11.0 Å². The van der Waals surface area contributed by atoms with Crippen molar-refractivity contribution in [3.8, 4) is 0 Å². The third-order valence-electron chi connectivity index (χ3n) is 7.44. The molecule has 208 valence electrons. The Morgan fingerprint density at radius 3 is 0.767 bits per heavy atom. The summed E-state index contributed by atoms with van der Waals surface area (Å²) in [6.07, 6.45) is 0. The third-order valence-corrected chi connectivity index (χ3v) is 21.1. The Kier molecular flexibility index (Phi) is 9.41. The predicted molar refractivity (Wildman–Crippen MR) is 193 cm³/mol. The van der Waals surface area contributed by atoms with Crippen molar-refractivity contribution in [1.29, 1.82) is 0 Å². The van der Waals surface area contributed by atoms with Crippen molar-refractivity contribution in [1.82, 2.24) is 0 Å². The molecule has 0 aliphatic carbocycles. The van der Waals surface area contributed by atoms with E-state index in [0.717, 1.165) is 0 Å².